The lowest BCUT2D eigenvalue weighted by molar-refractivity contribution is -0.107. The van der Waals surface area contributed by atoms with Gasteiger partial charge in [-0.2, -0.15) is 23.1 Å². The second-order valence-electron chi connectivity index (χ2n) is 5.72. The van der Waals surface area contributed by atoms with Gasteiger partial charge in [-0.25, -0.2) is 0 Å². The number of hydrogen-bond donors (Lipinski definition) is 1. The van der Waals surface area contributed by atoms with Crippen LogP contribution in [0.5, 0.6) is 0 Å². The molecule has 0 bridgehead atoms. The third kappa shape index (κ3) is 3.02. The van der Waals surface area contributed by atoms with E-state index < -0.39 is 0 Å². The zero-order valence-corrected chi connectivity index (χ0v) is 13.2. The molecule has 106 valence electrons. The summed E-state index contributed by atoms with van der Waals surface area (Å²) in [6, 6.07) is 2.77. The zero-order valence-electron chi connectivity index (χ0n) is 11.6. The molecule has 2 saturated heterocycles. The maximum Gasteiger partial charge on any atom is 0.0701 e. The van der Waals surface area contributed by atoms with Gasteiger partial charge in [0.1, 0.15) is 0 Å². The Hall–Kier alpha value is -0.0300. The van der Waals surface area contributed by atoms with Gasteiger partial charge < -0.3 is 10.1 Å². The van der Waals surface area contributed by atoms with Crippen molar-refractivity contribution in [2.75, 3.05) is 25.2 Å². The summed E-state index contributed by atoms with van der Waals surface area (Å²) in [7, 11) is 2.10. The van der Waals surface area contributed by atoms with Gasteiger partial charge in [-0.3, -0.25) is 0 Å². The molecule has 0 radical (unpaired) electrons. The predicted octanol–water partition coefficient (Wildman–Crippen LogP) is 3.70. The first-order valence-corrected chi connectivity index (χ1v) is 9.34. The van der Waals surface area contributed by atoms with Crippen molar-refractivity contribution in [3.05, 3.63) is 22.4 Å². The van der Waals surface area contributed by atoms with E-state index in [1.807, 2.05) is 0 Å². The molecule has 1 N–H and O–H groups in total. The molecular formula is C15H23NOS2. The summed E-state index contributed by atoms with van der Waals surface area (Å²) in [4.78, 5) is 0. The molecule has 0 saturated carbocycles. The number of rotatable bonds is 3. The zero-order chi connectivity index (χ0) is 13.1. The molecule has 0 amide bonds. The highest BCUT2D eigenvalue weighted by atomic mass is 32.2. The SMILES string of the molecule is CNC(c1ccsc1)C1CCOC2(CCSCC2)C1. The van der Waals surface area contributed by atoms with Crippen LogP contribution in [0.25, 0.3) is 0 Å². The van der Waals surface area contributed by atoms with Gasteiger partial charge in [0.25, 0.3) is 0 Å². The van der Waals surface area contributed by atoms with Crippen molar-refractivity contribution in [3.8, 4) is 0 Å². The van der Waals surface area contributed by atoms with Crippen LogP contribution in [0.15, 0.2) is 16.8 Å². The van der Waals surface area contributed by atoms with E-state index in [1.54, 1.807) is 11.3 Å². The molecule has 0 aromatic carbocycles. The normalized spacial score (nSPS) is 28.4. The fourth-order valence-corrected chi connectivity index (χ4v) is 5.50. The van der Waals surface area contributed by atoms with Crippen LogP contribution in [-0.4, -0.2) is 30.8 Å². The predicted molar refractivity (Wildman–Crippen MR) is 84.1 cm³/mol. The molecule has 19 heavy (non-hydrogen) atoms. The molecule has 2 fully saturated rings. The van der Waals surface area contributed by atoms with E-state index in [2.05, 4.69) is 41.0 Å². The first-order chi connectivity index (χ1) is 9.33. The third-order valence-corrected chi connectivity index (χ3v) is 6.31. The van der Waals surface area contributed by atoms with E-state index in [-0.39, 0.29) is 5.60 Å². The van der Waals surface area contributed by atoms with Crippen LogP contribution in [0.3, 0.4) is 0 Å². The Balaban J connectivity index is 1.73. The molecule has 1 spiro atoms. The van der Waals surface area contributed by atoms with Crippen molar-refractivity contribution in [2.45, 2.75) is 37.3 Å². The average Bonchev–Trinajstić information content (AvgIpc) is 2.95. The van der Waals surface area contributed by atoms with Crippen LogP contribution in [0.2, 0.25) is 0 Å². The molecule has 2 aliphatic heterocycles. The topological polar surface area (TPSA) is 21.3 Å². The molecule has 2 atom stereocenters. The first-order valence-electron chi connectivity index (χ1n) is 7.24. The Labute approximate surface area is 124 Å². The molecule has 2 nitrogen and oxygen atoms in total. The Bertz CT molecular complexity index is 381. The second-order valence-corrected chi connectivity index (χ2v) is 7.72. The minimum absolute atomic E-state index is 0.194. The maximum absolute atomic E-state index is 6.21. The smallest absolute Gasteiger partial charge is 0.0701 e. The van der Waals surface area contributed by atoms with Crippen LogP contribution in [0.4, 0.5) is 0 Å². The van der Waals surface area contributed by atoms with Crippen LogP contribution < -0.4 is 5.32 Å². The third-order valence-electron chi connectivity index (χ3n) is 4.62. The van der Waals surface area contributed by atoms with Gasteiger partial charge in [0.15, 0.2) is 0 Å². The summed E-state index contributed by atoms with van der Waals surface area (Å²) in [6.45, 7) is 0.942. The van der Waals surface area contributed by atoms with E-state index in [4.69, 9.17) is 4.74 Å². The summed E-state index contributed by atoms with van der Waals surface area (Å²) in [5, 5.41) is 8.02. The Morgan fingerprint density at radius 2 is 2.26 bits per heavy atom. The van der Waals surface area contributed by atoms with Crippen molar-refractivity contribution in [2.24, 2.45) is 5.92 Å². The van der Waals surface area contributed by atoms with Gasteiger partial charge in [-0.05, 0) is 72.5 Å². The number of thioether (sulfide) groups is 1. The number of thiophene rings is 1. The summed E-state index contributed by atoms with van der Waals surface area (Å²) in [5.41, 5.74) is 1.65. The lowest BCUT2D eigenvalue weighted by Gasteiger charge is -2.45. The van der Waals surface area contributed by atoms with Crippen molar-refractivity contribution in [1.82, 2.24) is 5.32 Å². The Kier molecular flexibility index (Phi) is 4.52. The highest BCUT2D eigenvalue weighted by molar-refractivity contribution is 7.99. The molecule has 3 heterocycles. The van der Waals surface area contributed by atoms with Crippen molar-refractivity contribution in [3.63, 3.8) is 0 Å². The van der Waals surface area contributed by atoms with E-state index in [0.717, 1.165) is 12.5 Å². The van der Waals surface area contributed by atoms with E-state index in [1.165, 1.54) is 42.8 Å². The molecule has 1 aromatic rings. The van der Waals surface area contributed by atoms with Crippen LogP contribution in [0, 0.1) is 5.92 Å². The Morgan fingerprint density at radius 1 is 1.42 bits per heavy atom. The molecule has 2 unspecified atom stereocenters. The maximum atomic E-state index is 6.21. The van der Waals surface area contributed by atoms with Gasteiger partial charge in [-0.15, -0.1) is 0 Å². The lowest BCUT2D eigenvalue weighted by Crippen LogP contribution is -2.45. The fourth-order valence-electron chi connectivity index (χ4n) is 3.57. The van der Waals surface area contributed by atoms with E-state index in [0.29, 0.717) is 6.04 Å². The quantitative estimate of drug-likeness (QED) is 0.919. The summed E-state index contributed by atoms with van der Waals surface area (Å²) in [6.07, 6.45) is 4.91. The summed E-state index contributed by atoms with van der Waals surface area (Å²) in [5.74, 6) is 3.27. The van der Waals surface area contributed by atoms with Crippen molar-refractivity contribution in [1.29, 1.82) is 0 Å². The molecular weight excluding hydrogens is 274 g/mol. The highest BCUT2D eigenvalue weighted by Gasteiger charge is 2.41. The van der Waals surface area contributed by atoms with Crippen LogP contribution >= 0.6 is 23.1 Å². The van der Waals surface area contributed by atoms with E-state index in [9.17, 15) is 0 Å². The second kappa shape index (κ2) is 6.17. The van der Waals surface area contributed by atoms with Gasteiger partial charge >= 0.3 is 0 Å². The highest BCUT2D eigenvalue weighted by Crippen LogP contribution is 2.43. The fraction of sp³-hybridized carbons (Fsp3) is 0.733. The molecule has 2 aliphatic rings. The largest absolute Gasteiger partial charge is 0.375 e. The molecule has 4 heteroatoms. The molecule has 3 rings (SSSR count). The monoisotopic (exact) mass is 297 g/mol. The minimum Gasteiger partial charge on any atom is -0.375 e. The van der Waals surface area contributed by atoms with Gasteiger partial charge in [0, 0.05) is 12.6 Å². The first kappa shape index (κ1) is 13.9. The van der Waals surface area contributed by atoms with Crippen LogP contribution in [-0.2, 0) is 4.74 Å². The van der Waals surface area contributed by atoms with Gasteiger partial charge in [-0.1, -0.05) is 0 Å². The summed E-state index contributed by atoms with van der Waals surface area (Å²) >= 11 is 3.88. The van der Waals surface area contributed by atoms with Gasteiger partial charge in [0.2, 0.25) is 0 Å². The van der Waals surface area contributed by atoms with Crippen molar-refractivity contribution < 1.29 is 4.74 Å². The number of nitrogens with one attached hydrogen (secondary N) is 1. The standard InChI is InChI=1S/C15H23NOS2/c1-16-14(13-3-7-19-11-13)12-2-6-17-15(10-12)4-8-18-9-5-15/h3,7,11-12,14,16H,2,4-6,8-10H2,1H3. The van der Waals surface area contributed by atoms with Gasteiger partial charge in [0.05, 0.1) is 5.60 Å². The molecule has 1 aromatic heterocycles. The lowest BCUT2D eigenvalue weighted by atomic mass is 9.77. The van der Waals surface area contributed by atoms with E-state index >= 15 is 0 Å². The van der Waals surface area contributed by atoms with Crippen molar-refractivity contribution >= 4 is 23.1 Å². The molecule has 0 aliphatic carbocycles. The average molecular weight is 297 g/mol. The number of hydrogen-bond acceptors (Lipinski definition) is 4. The summed E-state index contributed by atoms with van der Waals surface area (Å²) < 4.78 is 6.21. The van der Waals surface area contributed by atoms with Crippen LogP contribution in [0.1, 0.15) is 37.3 Å². The Morgan fingerprint density at radius 3 is 2.95 bits per heavy atom. The minimum atomic E-state index is 0.194. The number of ether oxygens (including phenoxy) is 1.